The van der Waals surface area contributed by atoms with Crippen LogP contribution in [0, 0.1) is 0 Å². The van der Waals surface area contributed by atoms with Gasteiger partial charge in [-0.15, -0.1) is 0 Å². The number of pyridine rings is 1. The van der Waals surface area contributed by atoms with Crippen LogP contribution in [0.5, 0.6) is 0 Å². The second-order valence-electron chi connectivity index (χ2n) is 7.08. The molecule has 1 amide bonds. The molecule has 0 bridgehead atoms. The van der Waals surface area contributed by atoms with Gasteiger partial charge in [-0.25, -0.2) is 0 Å². The third kappa shape index (κ3) is 4.14. The average Bonchev–Trinajstić information content (AvgIpc) is 3.14. The van der Waals surface area contributed by atoms with Crippen LogP contribution in [-0.4, -0.2) is 15.0 Å². The highest BCUT2D eigenvalue weighted by Crippen LogP contribution is 2.14. The largest absolute Gasteiger partial charge is 0.339 e. The molecule has 0 aliphatic heterocycles. The van der Waals surface area contributed by atoms with E-state index in [2.05, 4.69) is 12.2 Å². The number of aryl methyl sites for hydroxylation is 1. The molecule has 2 heterocycles. The van der Waals surface area contributed by atoms with Crippen LogP contribution in [0.15, 0.2) is 83.9 Å². The zero-order chi connectivity index (χ0) is 20.2. The van der Waals surface area contributed by atoms with Gasteiger partial charge in [-0.3, -0.25) is 9.59 Å². The summed E-state index contributed by atoms with van der Waals surface area (Å²) in [6.45, 7) is 2.65. The maximum Gasteiger partial charge on any atom is 0.275 e. The van der Waals surface area contributed by atoms with E-state index in [4.69, 9.17) is 0 Å². The van der Waals surface area contributed by atoms with Gasteiger partial charge in [-0.1, -0.05) is 49.4 Å². The van der Waals surface area contributed by atoms with Gasteiger partial charge in [0.1, 0.15) is 12.1 Å². The fourth-order valence-electron chi connectivity index (χ4n) is 3.50. The minimum absolute atomic E-state index is 0.0261. The van der Waals surface area contributed by atoms with Gasteiger partial charge in [0.2, 0.25) is 5.91 Å². The first-order valence-corrected chi connectivity index (χ1v) is 9.75. The SMILES string of the molecule is CCc1cccc(NC(=O)Cn2ccc3ccn(Cc4ccccc4)c3c2=O)c1. The molecular formula is C24H23N3O2. The van der Waals surface area contributed by atoms with E-state index in [0.29, 0.717) is 12.1 Å². The molecule has 0 saturated carbocycles. The van der Waals surface area contributed by atoms with E-state index in [1.807, 2.05) is 77.5 Å². The lowest BCUT2D eigenvalue weighted by Crippen LogP contribution is -2.28. The maximum absolute atomic E-state index is 13.1. The van der Waals surface area contributed by atoms with Crippen LogP contribution >= 0.6 is 0 Å². The number of carbonyl (C=O) groups is 1. The summed E-state index contributed by atoms with van der Waals surface area (Å²) >= 11 is 0. The fourth-order valence-corrected chi connectivity index (χ4v) is 3.50. The van der Waals surface area contributed by atoms with Gasteiger partial charge in [0.05, 0.1) is 0 Å². The van der Waals surface area contributed by atoms with Gasteiger partial charge < -0.3 is 14.5 Å². The van der Waals surface area contributed by atoms with E-state index < -0.39 is 0 Å². The van der Waals surface area contributed by atoms with E-state index in [9.17, 15) is 9.59 Å². The molecule has 0 unspecified atom stereocenters. The Hall–Kier alpha value is -3.60. The third-order valence-electron chi connectivity index (χ3n) is 5.02. The first-order chi connectivity index (χ1) is 14.1. The molecule has 146 valence electrons. The number of amides is 1. The van der Waals surface area contributed by atoms with Crippen molar-refractivity contribution in [2.45, 2.75) is 26.4 Å². The molecule has 0 aliphatic carbocycles. The zero-order valence-corrected chi connectivity index (χ0v) is 16.3. The number of rotatable bonds is 6. The predicted molar refractivity (Wildman–Crippen MR) is 116 cm³/mol. The van der Waals surface area contributed by atoms with Crippen LogP contribution in [0.1, 0.15) is 18.1 Å². The summed E-state index contributed by atoms with van der Waals surface area (Å²) in [4.78, 5) is 25.6. The molecule has 0 atom stereocenters. The van der Waals surface area contributed by atoms with Crippen molar-refractivity contribution in [2.75, 3.05) is 5.32 Å². The lowest BCUT2D eigenvalue weighted by Gasteiger charge is -2.10. The van der Waals surface area contributed by atoms with Crippen LogP contribution in [0.4, 0.5) is 5.69 Å². The Bertz CT molecular complexity index is 1210. The summed E-state index contributed by atoms with van der Waals surface area (Å²) in [5.74, 6) is -0.221. The number of hydrogen-bond donors (Lipinski definition) is 1. The Kier molecular flexibility index (Phi) is 5.29. The van der Waals surface area contributed by atoms with Crippen molar-refractivity contribution >= 4 is 22.5 Å². The van der Waals surface area contributed by atoms with Crippen LogP contribution in [-0.2, 0) is 24.3 Å². The first-order valence-electron chi connectivity index (χ1n) is 9.75. The summed E-state index contributed by atoms with van der Waals surface area (Å²) in [6.07, 6.45) is 4.50. The summed E-state index contributed by atoms with van der Waals surface area (Å²) < 4.78 is 3.40. The fraction of sp³-hybridized carbons (Fsp3) is 0.167. The molecule has 5 heteroatoms. The zero-order valence-electron chi connectivity index (χ0n) is 16.3. The molecular weight excluding hydrogens is 362 g/mol. The lowest BCUT2D eigenvalue weighted by molar-refractivity contribution is -0.116. The van der Waals surface area contributed by atoms with E-state index in [-0.39, 0.29) is 18.0 Å². The Labute approximate surface area is 169 Å². The van der Waals surface area contributed by atoms with Gasteiger partial charge in [0, 0.05) is 30.0 Å². The van der Waals surface area contributed by atoms with Crippen molar-refractivity contribution in [3.8, 4) is 0 Å². The van der Waals surface area contributed by atoms with E-state index in [0.717, 1.165) is 28.6 Å². The molecule has 0 fully saturated rings. The Morgan fingerprint density at radius 2 is 1.62 bits per heavy atom. The van der Waals surface area contributed by atoms with Gasteiger partial charge in [-0.2, -0.15) is 0 Å². The third-order valence-corrected chi connectivity index (χ3v) is 5.02. The van der Waals surface area contributed by atoms with Gasteiger partial charge in [0.15, 0.2) is 0 Å². The lowest BCUT2D eigenvalue weighted by atomic mass is 10.1. The molecule has 0 spiro atoms. The molecule has 0 saturated heterocycles. The second-order valence-corrected chi connectivity index (χ2v) is 7.08. The summed E-state index contributed by atoms with van der Waals surface area (Å²) in [6, 6.07) is 21.6. The number of nitrogens with zero attached hydrogens (tertiary/aromatic N) is 2. The van der Waals surface area contributed by atoms with Gasteiger partial charge >= 0.3 is 0 Å². The molecule has 4 rings (SSSR count). The maximum atomic E-state index is 13.1. The minimum Gasteiger partial charge on any atom is -0.339 e. The molecule has 4 aromatic rings. The summed E-state index contributed by atoms with van der Waals surface area (Å²) in [5, 5.41) is 3.76. The smallest absolute Gasteiger partial charge is 0.275 e. The highest BCUT2D eigenvalue weighted by Gasteiger charge is 2.11. The van der Waals surface area contributed by atoms with Gasteiger partial charge in [-0.05, 0) is 41.8 Å². The van der Waals surface area contributed by atoms with Crippen LogP contribution in [0.25, 0.3) is 10.9 Å². The number of anilines is 1. The monoisotopic (exact) mass is 385 g/mol. The summed E-state index contributed by atoms with van der Waals surface area (Å²) in [7, 11) is 0. The van der Waals surface area contributed by atoms with E-state index in [1.54, 1.807) is 6.20 Å². The molecule has 2 aromatic heterocycles. The topological polar surface area (TPSA) is 56.0 Å². The number of hydrogen-bond acceptors (Lipinski definition) is 2. The minimum atomic E-state index is -0.221. The predicted octanol–water partition coefficient (Wildman–Crippen LogP) is 4.05. The number of benzene rings is 2. The number of nitrogens with one attached hydrogen (secondary N) is 1. The molecule has 29 heavy (non-hydrogen) atoms. The molecule has 0 radical (unpaired) electrons. The van der Waals surface area contributed by atoms with E-state index in [1.165, 1.54) is 4.57 Å². The highest BCUT2D eigenvalue weighted by atomic mass is 16.2. The Morgan fingerprint density at radius 1 is 0.897 bits per heavy atom. The Balaban J connectivity index is 1.57. The second kappa shape index (κ2) is 8.19. The molecule has 2 aromatic carbocycles. The van der Waals surface area contributed by atoms with Crippen molar-refractivity contribution in [1.82, 2.24) is 9.13 Å². The number of fused-ring (bicyclic) bond motifs is 1. The van der Waals surface area contributed by atoms with Crippen molar-refractivity contribution in [1.29, 1.82) is 0 Å². The number of carbonyl (C=O) groups excluding carboxylic acids is 1. The van der Waals surface area contributed by atoms with Crippen molar-refractivity contribution in [2.24, 2.45) is 0 Å². The average molecular weight is 385 g/mol. The van der Waals surface area contributed by atoms with Gasteiger partial charge in [0.25, 0.3) is 5.56 Å². The molecule has 5 nitrogen and oxygen atoms in total. The van der Waals surface area contributed by atoms with Crippen molar-refractivity contribution in [3.05, 3.63) is 101 Å². The first kappa shape index (κ1) is 18.7. The van der Waals surface area contributed by atoms with Crippen molar-refractivity contribution < 1.29 is 4.79 Å². The van der Waals surface area contributed by atoms with E-state index >= 15 is 0 Å². The Morgan fingerprint density at radius 3 is 2.38 bits per heavy atom. The summed E-state index contributed by atoms with van der Waals surface area (Å²) in [5.41, 5.74) is 3.46. The quantitative estimate of drug-likeness (QED) is 0.544. The van der Waals surface area contributed by atoms with Crippen molar-refractivity contribution in [3.63, 3.8) is 0 Å². The highest BCUT2D eigenvalue weighted by molar-refractivity contribution is 5.91. The normalized spacial score (nSPS) is 10.9. The van der Waals surface area contributed by atoms with Crippen LogP contribution < -0.4 is 10.9 Å². The van der Waals surface area contributed by atoms with Crippen LogP contribution in [0.2, 0.25) is 0 Å². The number of aromatic nitrogens is 2. The molecule has 0 aliphatic rings. The molecule has 1 N–H and O–H groups in total. The van der Waals surface area contributed by atoms with Crippen LogP contribution in [0.3, 0.4) is 0 Å². The standard InChI is InChI=1S/C24H23N3O2/c1-2-18-9-6-10-21(15-18)25-22(28)17-27-14-12-20-11-13-26(23(20)24(27)29)16-19-7-4-3-5-8-19/h3-15H,2,16-17H2,1H3,(H,25,28).